The van der Waals surface area contributed by atoms with Crippen LogP contribution in [0.1, 0.15) is 76.7 Å². The molecule has 9 heteroatoms. The van der Waals surface area contributed by atoms with E-state index in [9.17, 15) is 24.6 Å². The maximum atomic E-state index is 12.5. The van der Waals surface area contributed by atoms with E-state index in [0.717, 1.165) is 63.5 Å². The van der Waals surface area contributed by atoms with Gasteiger partial charge in [-0.05, 0) is 86.2 Å². The van der Waals surface area contributed by atoms with Crippen molar-refractivity contribution in [1.82, 2.24) is 15.1 Å². The minimum Gasteiger partial charge on any atom is -0.465 e. The van der Waals surface area contributed by atoms with Gasteiger partial charge in [0.15, 0.2) is 0 Å². The number of carboxylic acid groups (broad SMARTS) is 1. The van der Waals surface area contributed by atoms with Gasteiger partial charge in [-0.25, -0.2) is 9.59 Å². The highest BCUT2D eigenvalue weighted by Gasteiger charge is 2.66. The molecule has 0 radical (unpaired) electrons. The van der Waals surface area contributed by atoms with Crippen molar-refractivity contribution in [2.75, 3.05) is 32.7 Å². The Morgan fingerprint density at radius 2 is 1.95 bits per heavy atom. The molecule has 7 atom stereocenters. The Morgan fingerprint density at radius 3 is 2.67 bits per heavy atom. The number of allylic oxidation sites excluding steroid dienone is 1. The molecule has 2 amide bonds. The van der Waals surface area contributed by atoms with Crippen LogP contribution in [0.3, 0.4) is 0 Å². The summed E-state index contributed by atoms with van der Waals surface area (Å²) in [6.07, 6.45) is 10.0. The zero-order chi connectivity index (χ0) is 28.3. The van der Waals surface area contributed by atoms with Gasteiger partial charge in [0.05, 0.1) is 24.5 Å². The van der Waals surface area contributed by atoms with E-state index in [1.807, 2.05) is 11.0 Å². The van der Waals surface area contributed by atoms with Crippen LogP contribution in [0.2, 0.25) is 0 Å². The Kier molecular flexibility index (Phi) is 6.89. The first kappa shape index (κ1) is 27.5. The van der Waals surface area contributed by atoms with Gasteiger partial charge in [0, 0.05) is 37.7 Å². The number of rotatable bonds is 5. The molecular weight excluding hydrogens is 510 g/mol. The minimum atomic E-state index is -0.905. The number of carbonyl (C=O) groups excluding carboxylic acids is 1. The number of hydrogen-bond acceptors (Lipinski definition) is 6. The Labute approximate surface area is 235 Å². The zero-order valence-corrected chi connectivity index (χ0v) is 23.7. The molecule has 3 N–H and O–H groups in total. The summed E-state index contributed by atoms with van der Waals surface area (Å²) in [5.74, 6) is 0.726. The molecule has 1 aromatic heterocycles. The van der Waals surface area contributed by atoms with Crippen LogP contribution >= 0.6 is 0 Å². The van der Waals surface area contributed by atoms with Crippen molar-refractivity contribution in [2.24, 2.45) is 22.7 Å². The molecule has 3 saturated carbocycles. The molecule has 0 spiro atoms. The molecular formula is C31H43N3O6. The molecule has 6 rings (SSSR count). The van der Waals surface area contributed by atoms with E-state index in [2.05, 4.69) is 25.2 Å². The van der Waals surface area contributed by atoms with Gasteiger partial charge in [0.1, 0.15) is 0 Å². The summed E-state index contributed by atoms with van der Waals surface area (Å²) < 4.78 is 5.21. The molecule has 0 aromatic carbocycles. The lowest BCUT2D eigenvalue weighted by Gasteiger charge is -2.62. The van der Waals surface area contributed by atoms with E-state index in [-0.39, 0.29) is 40.2 Å². The molecule has 4 fully saturated rings. The Balaban J connectivity index is 1.20. The second-order valence-corrected chi connectivity index (χ2v) is 13.4. The van der Waals surface area contributed by atoms with Crippen molar-refractivity contribution in [3.8, 4) is 0 Å². The Hall–Kier alpha value is -2.65. The number of piperazine rings is 1. The summed E-state index contributed by atoms with van der Waals surface area (Å²) in [5, 5.41) is 25.4. The number of nitrogens with one attached hydrogen (secondary N) is 1. The van der Waals surface area contributed by atoms with Crippen molar-refractivity contribution in [2.45, 2.75) is 82.8 Å². The van der Waals surface area contributed by atoms with Crippen LogP contribution in [0.4, 0.5) is 4.79 Å². The van der Waals surface area contributed by atoms with Crippen molar-refractivity contribution >= 4 is 12.0 Å². The number of amides is 2. The van der Waals surface area contributed by atoms with Gasteiger partial charge in [-0.15, -0.1) is 0 Å². The van der Waals surface area contributed by atoms with Gasteiger partial charge < -0.3 is 24.8 Å². The molecule has 218 valence electrons. The number of aliphatic hydroxyl groups is 1. The first-order valence-electron chi connectivity index (χ1n) is 15.1. The molecule has 9 nitrogen and oxygen atoms in total. The van der Waals surface area contributed by atoms with Crippen molar-refractivity contribution in [3.05, 3.63) is 46.0 Å². The van der Waals surface area contributed by atoms with E-state index in [1.54, 1.807) is 11.2 Å². The first-order valence-corrected chi connectivity index (χ1v) is 15.1. The number of fused-ring (bicyclic) bond motifs is 5. The lowest BCUT2D eigenvalue weighted by molar-refractivity contribution is -0.177. The second kappa shape index (κ2) is 10.0. The predicted molar refractivity (Wildman–Crippen MR) is 149 cm³/mol. The third kappa shape index (κ3) is 4.31. The van der Waals surface area contributed by atoms with Gasteiger partial charge in [-0.1, -0.05) is 25.5 Å². The number of carbonyl (C=O) groups is 2. The fourth-order valence-electron chi connectivity index (χ4n) is 9.56. The molecule has 0 unspecified atom stereocenters. The first-order chi connectivity index (χ1) is 19.0. The summed E-state index contributed by atoms with van der Waals surface area (Å²) in [6, 6.07) is 3.21. The summed E-state index contributed by atoms with van der Waals surface area (Å²) in [5.41, 5.74) is 0.952. The van der Waals surface area contributed by atoms with Gasteiger partial charge in [-0.2, -0.15) is 0 Å². The van der Waals surface area contributed by atoms with E-state index in [1.165, 1.54) is 11.6 Å². The fraction of sp³-hybridized carbons (Fsp3) is 0.710. The van der Waals surface area contributed by atoms with Crippen molar-refractivity contribution in [3.63, 3.8) is 0 Å². The molecule has 2 heterocycles. The second-order valence-electron chi connectivity index (χ2n) is 13.4. The quantitative estimate of drug-likeness (QED) is 0.476. The minimum absolute atomic E-state index is 0.00498. The summed E-state index contributed by atoms with van der Waals surface area (Å²) in [4.78, 5) is 39.2. The van der Waals surface area contributed by atoms with Crippen molar-refractivity contribution < 1.29 is 24.2 Å². The average Bonchev–Trinajstić information content (AvgIpc) is 3.20. The maximum Gasteiger partial charge on any atom is 0.407 e. The zero-order valence-electron chi connectivity index (χ0n) is 23.7. The molecule has 0 bridgehead atoms. The smallest absolute Gasteiger partial charge is 0.407 e. The summed E-state index contributed by atoms with van der Waals surface area (Å²) >= 11 is 0. The monoisotopic (exact) mass is 553 g/mol. The van der Waals surface area contributed by atoms with Crippen LogP contribution in [-0.4, -0.2) is 76.4 Å². The predicted octanol–water partition coefficient (Wildman–Crippen LogP) is 3.58. The lowest BCUT2D eigenvalue weighted by Crippen LogP contribution is -2.60. The van der Waals surface area contributed by atoms with Gasteiger partial charge in [0.2, 0.25) is 5.91 Å². The number of hydrogen-bond donors (Lipinski definition) is 3. The highest BCUT2D eigenvalue weighted by molar-refractivity contribution is 5.78. The SMILES string of the molecule is C[C@]12CC[C@H](N(CCN3CCNC(=O)C3)C(=O)O)C=C1CC[C@@H]1[C@@H]2CC[C@]2(C)[C@@H](c3ccc(=O)oc3)CC[C@]12O. The highest BCUT2D eigenvalue weighted by Crippen LogP contribution is 2.70. The molecule has 1 saturated heterocycles. The lowest BCUT2D eigenvalue weighted by atomic mass is 9.45. The molecule has 40 heavy (non-hydrogen) atoms. The van der Waals surface area contributed by atoms with Crippen molar-refractivity contribution in [1.29, 1.82) is 0 Å². The molecule has 4 aliphatic carbocycles. The van der Waals surface area contributed by atoms with Crippen LogP contribution in [0.15, 0.2) is 39.3 Å². The number of nitrogens with zero attached hydrogens (tertiary/aromatic N) is 2. The van der Waals surface area contributed by atoms with E-state index >= 15 is 0 Å². The highest BCUT2D eigenvalue weighted by atomic mass is 16.4. The Bertz CT molecular complexity index is 1240. The maximum absolute atomic E-state index is 12.5. The molecule has 5 aliphatic rings. The van der Waals surface area contributed by atoms with Gasteiger partial charge >= 0.3 is 11.7 Å². The van der Waals surface area contributed by atoms with E-state index in [4.69, 9.17) is 4.42 Å². The Morgan fingerprint density at radius 1 is 1.12 bits per heavy atom. The summed E-state index contributed by atoms with van der Waals surface area (Å²) in [6.45, 7) is 7.21. The summed E-state index contributed by atoms with van der Waals surface area (Å²) in [7, 11) is 0. The van der Waals surface area contributed by atoms with E-state index < -0.39 is 11.7 Å². The van der Waals surface area contributed by atoms with Crippen LogP contribution in [-0.2, 0) is 4.79 Å². The molecule has 1 aliphatic heterocycles. The fourth-order valence-corrected chi connectivity index (χ4v) is 9.56. The largest absolute Gasteiger partial charge is 0.465 e. The molecule has 1 aromatic rings. The van der Waals surface area contributed by atoms with Crippen LogP contribution in [0.5, 0.6) is 0 Å². The van der Waals surface area contributed by atoms with Gasteiger partial charge in [-0.3, -0.25) is 9.69 Å². The normalized spacial score (nSPS) is 39.4. The topological polar surface area (TPSA) is 123 Å². The standard InChI is InChI=1S/C31H43N3O6/c1-29-10-7-22(34(28(37)38)16-15-33-14-13-32-26(35)18-33)17-21(29)4-5-25-24(29)8-11-30(2)23(9-12-31(25,30)39)20-3-6-27(36)40-19-20/h3,6,17,19,22-25,39H,4-5,7-16,18H2,1-2H3,(H,32,35)(H,37,38)/t22-,23+,24-,25+,29-,30+,31-/m0/s1. The van der Waals surface area contributed by atoms with E-state index in [0.29, 0.717) is 32.1 Å². The van der Waals surface area contributed by atoms with Gasteiger partial charge in [0.25, 0.3) is 0 Å². The third-order valence-electron chi connectivity index (χ3n) is 11.8. The van der Waals surface area contributed by atoms with Crippen LogP contribution in [0.25, 0.3) is 0 Å². The van der Waals surface area contributed by atoms with Crippen LogP contribution < -0.4 is 10.9 Å². The average molecular weight is 554 g/mol. The van der Waals surface area contributed by atoms with Crippen LogP contribution in [0, 0.1) is 22.7 Å². The third-order valence-corrected chi connectivity index (χ3v) is 11.8.